The van der Waals surface area contributed by atoms with Gasteiger partial charge in [-0.3, -0.25) is 14.5 Å². The molecular weight excluding hydrogens is 320 g/mol. The van der Waals surface area contributed by atoms with E-state index in [9.17, 15) is 9.59 Å². The molecule has 7 heteroatoms. The van der Waals surface area contributed by atoms with Gasteiger partial charge in [-0.2, -0.15) is 0 Å². The van der Waals surface area contributed by atoms with E-state index in [1.165, 1.54) is 6.42 Å². The van der Waals surface area contributed by atoms with Crippen molar-refractivity contribution in [1.29, 1.82) is 0 Å². The quantitative estimate of drug-likeness (QED) is 0.869. The Kier molecular flexibility index (Phi) is 4.27. The number of carbonyl (C=O) groups is 2. The third-order valence-corrected chi connectivity index (χ3v) is 5.58. The lowest BCUT2D eigenvalue weighted by atomic mass is 10.1. The van der Waals surface area contributed by atoms with Crippen LogP contribution in [0.1, 0.15) is 60.7 Å². The molecule has 1 aliphatic carbocycles. The zero-order valence-electron chi connectivity index (χ0n) is 15.0. The number of aromatic nitrogens is 1. The van der Waals surface area contributed by atoms with Crippen molar-refractivity contribution in [2.24, 2.45) is 0 Å². The van der Waals surface area contributed by atoms with Gasteiger partial charge in [-0.25, -0.2) is 4.98 Å². The summed E-state index contributed by atoms with van der Waals surface area (Å²) in [6, 6.07) is -0.0743. The number of amides is 2. The molecule has 0 radical (unpaired) electrons. The number of hydrogen-bond donors (Lipinski definition) is 1. The van der Waals surface area contributed by atoms with Crippen LogP contribution >= 0.6 is 0 Å². The van der Waals surface area contributed by atoms with Gasteiger partial charge in [0.15, 0.2) is 5.89 Å². The maximum atomic E-state index is 12.6. The van der Waals surface area contributed by atoms with Crippen LogP contribution in [0.2, 0.25) is 0 Å². The second-order valence-electron chi connectivity index (χ2n) is 7.55. The van der Waals surface area contributed by atoms with E-state index in [1.807, 2.05) is 18.7 Å². The molecule has 3 aliphatic rings. The van der Waals surface area contributed by atoms with Crippen molar-refractivity contribution < 1.29 is 14.0 Å². The van der Waals surface area contributed by atoms with Crippen LogP contribution in [-0.4, -0.2) is 64.9 Å². The Bertz CT molecular complexity index is 678. The number of oxazole rings is 1. The Morgan fingerprint density at radius 3 is 2.64 bits per heavy atom. The van der Waals surface area contributed by atoms with Gasteiger partial charge in [0, 0.05) is 38.1 Å². The summed E-state index contributed by atoms with van der Waals surface area (Å²) in [7, 11) is 0. The van der Waals surface area contributed by atoms with Gasteiger partial charge in [0.2, 0.25) is 11.7 Å². The van der Waals surface area contributed by atoms with Gasteiger partial charge in [0.05, 0.1) is 11.7 Å². The second-order valence-corrected chi connectivity index (χ2v) is 7.55. The average Bonchev–Trinajstić information content (AvgIpc) is 3.16. The molecule has 3 heterocycles. The van der Waals surface area contributed by atoms with Gasteiger partial charge in [0.25, 0.3) is 5.91 Å². The zero-order chi connectivity index (χ0) is 17.6. The van der Waals surface area contributed by atoms with Gasteiger partial charge >= 0.3 is 0 Å². The van der Waals surface area contributed by atoms with E-state index in [-0.39, 0.29) is 23.9 Å². The van der Waals surface area contributed by atoms with Crippen molar-refractivity contribution in [2.45, 2.75) is 57.5 Å². The van der Waals surface area contributed by atoms with Crippen molar-refractivity contribution in [1.82, 2.24) is 20.1 Å². The molecule has 2 unspecified atom stereocenters. The fraction of sp³-hybridized carbons (Fsp3) is 0.722. The maximum absolute atomic E-state index is 12.6. The SMILES string of the molecule is Cc1nc(C2CC2)oc1C(=O)NC1CCN(C(=O)C(C)N2CCC2)C1. The first-order valence-electron chi connectivity index (χ1n) is 9.34. The first-order chi connectivity index (χ1) is 12.0. The number of carbonyl (C=O) groups excluding carboxylic acids is 2. The van der Waals surface area contributed by atoms with Crippen LogP contribution in [0.15, 0.2) is 4.42 Å². The van der Waals surface area contributed by atoms with Crippen LogP contribution in [0.3, 0.4) is 0 Å². The highest BCUT2D eigenvalue weighted by Crippen LogP contribution is 2.40. The Hall–Kier alpha value is -1.89. The Morgan fingerprint density at radius 2 is 2.00 bits per heavy atom. The van der Waals surface area contributed by atoms with Gasteiger partial charge < -0.3 is 14.6 Å². The molecule has 2 aliphatic heterocycles. The summed E-state index contributed by atoms with van der Waals surface area (Å²) in [6.45, 7) is 7.08. The fourth-order valence-corrected chi connectivity index (χ4v) is 3.61. The molecule has 7 nitrogen and oxygen atoms in total. The minimum atomic E-state index is -0.216. The molecule has 0 aromatic carbocycles. The molecule has 1 aromatic rings. The third kappa shape index (κ3) is 3.29. The summed E-state index contributed by atoms with van der Waals surface area (Å²) in [5.41, 5.74) is 0.650. The van der Waals surface area contributed by atoms with Crippen molar-refractivity contribution in [2.75, 3.05) is 26.2 Å². The minimum Gasteiger partial charge on any atom is -0.435 e. The summed E-state index contributed by atoms with van der Waals surface area (Å²) in [5.74, 6) is 1.35. The van der Waals surface area contributed by atoms with Crippen molar-refractivity contribution in [3.63, 3.8) is 0 Å². The lowest BCUT2D eigenvalue weighted by Crippen LogP contribution is -2.52. The molecule has 0 bridgehead atoms. The Morgan fingerprint density at radius 1 is 1.24 bits per heavy atom. The number of rotatable bonds is 5. The van der Waals surface area contributed by atoms with Gasteiger partial charge in [-0.15, -0.1) is 0 Å². The molecule has 0 spiro atoms. The topological polar surface area (TPSA) is 78.7 Å². The largest absolute Gasteiger partial charge is 0.435 e. The highest BCUT2D eigenvalue weighted by molar-refractivity contribution is 5.92. The predicted octanol–water partition coefficient (Wildman–Crippen LogP) is 1.29. The van der Waals surface area contributed by atoms with E-state index in [2.05, 4.69) is 15.2 Å². The minimum absolute atomic E-state index is 0.0195. The fourth-order valence-electron chi connectivity index (χ4n) is 3.61. The highest BCUT2D eigenvalue weighted by Gasteiger charge is 2.35. The molecule has 1 saturated carbocycles. The summed E-state index contributed by atoms with van der Waals surface area (Å²) in [4.78, 5) is 33.5. The van der Waals surface area contributed by atoms with Gasteiger partial charge in [-0.1, -0.05) is 0 Å². The second kappa shape index (κ2) is 6.44. The molecule has 3 fully saturated rings. The molecular formula is C18H26N4O3. The molecule has 4 rings (SSSR count). The molecule has 2 saturated heterocycles. The lowest BCUT2D eigenvalue weighted by molar-refractivity contribution is -0.136. The van der Waals surface area contributed by atoms with Gasteiger partial charge in [0.1, 0.15) is 0 Å². The first kappa shape index (κ1) is 16.6. The van der Waals surface area contributed by atoms with Crippen LogP contribution in [0.5, 0.6) is 0 Å². The molecule has 2 atom stereocenters. The van der Waals surface area contributed by atoms with E-state index in [0.717, 1.165) is 32.4 Å². The number of aryl methyl sites for hydroxylation is 1. The predicted molar refractivity (Wildman–Crippen MR) is 91.3 cm³/mol. The van der Waals surface area contributed by atoms with E-state index < -0.39 is 0 Å². The summed E-state index contributed by atoms with van der Waals surface area (Å²) >= 11 is 0. The highest BCUT2D eigenvalue weighted by atomic mass is 16.4. The summed E-state index contributed by atoms with van der Waals surface area (Å²) in [6.07, 6.45) is 4.15. The number of likely N-dealkylation sites (tertiary alicyclic amines) is 2. The molecule has 136 valence electrons. The average molecular weight is 346 g/mol. The zero-order valence-corrected chi connectivity index (χ0v) is 15.0. The number of nitrogens with zero attached hydrogens (tertiary/aromatic N) is 3. The molecule has 25 heavy (non-hydrogen) atoms. The van der Waals surface area contributed by atoms with Crippen LogP contribution in [0, 0.1) is 6.92 Å². The normalized spacial score (nSPS) is 24.9. The van der Waals surface area contributed by atoms with Gasteiger partial charge in [-0.05, 0) is 39.5 Å². The van der Waals surface area contributed by atoms with E-state index >= 15 is 0 Å². The van der Waals surface area contributed by atoms with E-state index in [4.69, 9.17) is 4.42 Å². The summed E-state index contributed by atoms with van der Waals surface area (Å²) in [5, 5.41) is 3.01. The number of nitrogens with one attached hydrogen (secondary N) is 1. The smallest absolute Gasteiger partial charge is 0.289 e. The van der Waals surface area contributed by atoms with Crippen LogP contribution in [0.4, 0.5) is 0 Å². The maximum Gasteiger partial charge on any atom is 0.289 e. The van der Waals surface area contributed by atoms with Crippen molar-refractivity contribution in [3.05, 3.63) is 17.3 Å². The van der Waals surface area contributed by atoms with E-state index in [0.29, 0.717) is 36.4 Å². The van der Waals surface area contributed by atoms with Crippen molar-refractivity contribution >= 4 is 11.8 Å². The monoisotopic (exact) mass is 346 g/mol. The molecule has 1 N–H and O–H groups in total. The Labute approximate surface area is 147 Å². The van der Waals surface area contributed by atoms with Crippen LogP contribution in [0.25, 0.3) is 0 Å². The lowest BCUT2D eigenvalue weighted by Gasteiger charge is -2.37. The van der Waals surface area contributed by atoms with Crippen molar-refractivity contribution in [3.8, 4) is 0 Å². The van der Waals surface area contributed by atoms with Crippen LogP contribution in [-0.2, 0) is 4.79 Å². The standard InChI is InChI=1S/C18H26N4O3/c1-11-15(25-17(19-11)13-4-5-13)16(23)20-14-6-9-22(10-14)18(24)12(2)21-7-3-8-21/h12-14H,3-10H2,1-2H3,(H,20,23). The Balaban J connectivity index is 1.32. The number of hydrogen-bond acceptors (Lipinski definition) is 5. The van der Waals surface area contributed by atoms with Crippen LogP contribution < -0.4 is 5.32 Å². The third-order valence-electron chi connectivity index (χ3n) is 5.58. The van der Waals surface area contributed by atoms with E-state index in [1.54, 1.807) is 0 Å². The first-order valence-corrected chi connectivity index (χ1v) is 9.34. The molecule has 2 amide bonds. The molecule has 1 aromatic heterocycles. The summed E-state index contributed by atoms with van der Waals surface area (Å²) < 4.78 is 5.67.